The molecule has 3 heteroatoms. The molecule has 16 heavy (non-hydrogen) atoms. The van der Waals surface area contributed by atoms with Crippen molar-refractivity contribution in [3.63, 3.8) is 0 Å². The van der Waals surface area contributed by atoms with Gasteiger partial charge in [-0.05, 0) is 19.3 Å². The van der Waals surface area contributed by atoms with Crippen molar-refractivity contribution in [3.8, 4) is 0 Å². The molecule has 0 aromatic rings. The normalized spacial score (nSPS) is 31.1. The maximum atomic E-state index is 11.7. The number of carbonyl (C=O) groups excluding carboxylic acids is 1. The summed E-state index contributed by atoms with van der Waals surface area (Å²) in [5.74, 6) is 0.397. The van der Waals surface area contributed by atoms with Gasteiger partial charge in [0, 0.05) is 19.0 Å². The van der Waals surface area contributed by atoms with Crippen LogP contribution in [0, 0.1) is 0 Å². The topological polar surface area (TPSA) is 29.5 Å². The minimum atomic E-state index is 0.397. The Labute approximate surface area is 98.1 Å². The number of nitrogens with zero attached hydrogens (tertiary/aromatic N) is 1. The molecule has 1 saturated carbocycles. The molecule has 2 unspecified atom stereocenters. The van der Waals surface area contributed by atoms with Crippen molar-refractivity contribution in [3.05, 3.63) is 0 Å². The highest BCUT2D eigenvalue weighted by atomic mass is 16.5. The summed E-state index contributed by atoms with van der Waals surface area (Å²) in [7, 11) is 0. The fourth-order valence-corrected chi connectivity index (χ4v) is 2.96. The van der Waals surface area contributed by atoms with E-state index in [0.717, 1.165) is 26.0 Å². The van der Waals surface area contributed by atoms with Gasteiger partial charge in [-0.2, -0.15) is 0 Å². The van der Waals surface area contributed by atoms with Gasteiger partial charge in [-0.15, -0.1) is 0 Å². The number of fused-ring (bicyclic) bond motifs is 1. The molecule has 0 aromatic heterocycles. The molecule has 2 aliphatic rings. The van der Waals surface area contributed by atoms with Crippen molar-refractivity contribution in [2.75, 3.05) is 19.7 Å². The molecule has 0 N–H and O–H groups in total. The van der Waals surface area contributed by atoms with Crippen LogP contribution in [0.4, 0.5) is 0 Å². The Morgan fingerprint density at radius 3 is 3.00 bits per heavy atom. The molecule has 2 atom stereocenters. The van der Waals surface area contributed by atoms with E-state index in [1.807, 2.05) is 0 Å². The van der Waals surface area contributed by atoms with E-state index in [2.05, 4.69) is 11.8 Å². The molecule has 1 heterocycles. The molecule has 2 rings (SSSR count). The van der Waals surface area contributed by atoms with Gasteiger partial charge < -0.3 is 4.74 Å². The Balaban J connectivity index is 1.89. The summed E-state index contributed by atoms with van der Waals surface area (Å²) < 4.78 is 5.80. The van der Waals surface area contributed by atoms with Crippen LogP contribution in [0.2, 0.25) is 0 Å². The van der Waals surface area contributed by atoms with E-state index in [9.17, 15) is 4.79 Å². The second-order valence-electron chi connectivity index (χ2n) is 5.02. The van der Waals surface area contributed by atoms with Gasteiger partial charge >= 0.3 is 0 Å². The monoisotopic (exact) mass is 225 g/mol. The highest BCUT2D eigenvalue weighted by molar-refractivity contribution is 5.80. The van der Waals surface area contributed by atoms with Gasteiger partial charge in [0.2, 0.25) is 0 Å². The van der Waals surface area contributed by atoms with Crippen LogP contribution < -0.4 is 0 Å². The quantitative estimate of drug-likeness (QED) is 0.733. The molecule has 92 valence electrons. The smallest absolute Gasteiger partial charge is 0.146 e. The summed E-state index contributed by atoms with van der Waals surface area (Å²) in [6.45, 7) is 4.47. The fourth-order valence-electron chi connectivity index (χ4n) is 2.96. The Kier molecular flexibility index (Phi) is 4.36. The lowest BCUT2D eigenvalue weighted by atomic mass is 9.90. The number of rotatable bonds is 4. The highest BCUT2D eigenvalue weighted by Crippen LogP contribution is 2.28. The van der Waals surface area contributed by atoms with Gasteiger partial charge in [0.25, 0.3) is 0 Å². The average molecular weight is 225 g/mol. The third-order valence-corrected chi connectivity index (χ3v) is 3.76. The number of ketones is 1. The van der Waals surface area contributed by atoms with Crippen molar-refractivity contribution < 1.29 is 9.53 Å². The maximum Gasteiger partial charge on any atom is 0.146 e. The van der Waals surface area contributed by atoms with E-state index in [0.29, 0.717) is 24.5 Å². The second-order valence-corrected chi connectivity index (χ2v) is 5.02. The summed E-state index contributed by atoms with van der Waals surface area (Å²) in [6, 6.07) is 0.517. The van der Waals surface area contributed by atoms with E-state index in [4.69, 9.17) is 4.74 Å². The molecular formula is C13H23NO2. The molecule has 0 aromatic carbocycles. The molecule has 1 aliphatic heterocycles. The van der Waals surface area contributed by atoms with Gasteiger partial charge in [-0.3, -0.25) is 9.69 Å². The van der Waals surface area contributed by atoms with Crippen LogP contribution in [0.3, 0.4) is 0 Å². The molecule has 2 fully saturated rings. The van der Waals surface area contributed by atoms with Gasteiger partial charge in [-0.25, -0.2) is 0 Å². The van der Waals surface area contributed by atoms with E-state index < -0.39 is 0 Å². The zero-order valence-electron chi connectivity index (χ0n) is 10.3. The predicted molar refractivity (Wildman–Crippen MR) is 63.5 cm³/mol. The number of ether oxygens (including phenoxy) is 1. The third-order valence-electron chi connectivity index (χ3n) is 3.76. The van der Waals surface area contributed by atoms with Gasteiger partial charge in [-0.1, -0.05) is 19.8 Å². The number of hydrogen-bond acceptors (Lipinski definition) is 3. The summed E-state index contributed by atoms with van der Waals surface area (Å²) in [5, 5.41) is 0. The van der Waals surface area contributed by atoms with Crippen LogP contribution in [0.5, 0.6) is 0 Å². The van der Waals surface area contributed by atoms with E-state index in [-0.39, 0.29) is 0 Å². The molecule has 3 nitrogen and oxygen atoms in total. The standard InChI is InChI=1S/C13H23NO2/c1-2-5-11(15)10-14-8-9-16-13-7-4-3-6-12(13)14/h12-13H,2-10H2,1H3. The molecule has 0 spiro atoms. The number of Topliss-reactive ketones (excluding diaryl/α,β-unsaturated/α-hetero) is 1. The zero-order chi connectivity index (χ0) is 11.4. The van der Waals surface area contributed by atoms with Gasteiger partial charge in [0.05, 0.1) is 19.3 Å². The first kappa shape index (κ1) is 12.1. The minimum Gasteiger partial charge on any atom is -0.375 e. The van der Waals surface area contributed by atoms with Crippen LogP contribution in [0.25, 0.3) is 0 Å². The summed E-state index contributed by atoms with van der Waals surface area (Å²) >= 11 is 0. The summed E-state index contributed by atoms with van der Waals surface area (Å²) in [5.41, 5.74) is 0. The average Bonchev–Trinajstić information content (AvgIpc) is 2.30. The first-order valence-corrected chi connectivity index (χ1v) is 6.68. The van der Waals surface area contributed by atoms with Crippen molar-refractivity contribution in [1.29, 1.82) is 0 Å². The Morgan fingerprint density at radius 2 is 2.19 bits per heavy atom. The SMILES string of the molecule is CCCC(=O)CN1CCOC2CCCCC21. The molecule has 0 bridgehead atoms. The first-order valence-electron chi connectivity index (χ1n) is 6.68. The maximum absolute atomic E-state index is 11.7. The molecule has 1 saturated heterocycles. The second kappa shape index (κ2) is 5.78. The molecule has 0 amide bonds. The lowest BCUT2D eigenvalue weighted by Crippen LogP contribution is -2.53. The Bertz CT molecular complexity index is 240. The lowest BCUT2D eigenvalue weighted by Gasteiger charge is -2.43. The molecule has 1 aliphatic carbocycles. The van der Waals surface area contributed by atoms with E-state index in [1.54, 1.807) is 0 Å². The lowest BCUT2D eigenvalue weighted by molar-refractivity contribution is -0.127. The Morgan fingerprint density at radius 1 is 1.38 bits per heavy atom. The number of carbonyl (C=O) groups is 1. The highest BCUT2D eigenvalue weighted by Gasteiger charge is 2.34. The van der Waals surface area contributed by atoms with E-state index in [1.165, 1.54) is 25.7 Å². The van der Waals surface area contributed by atoms with Crippen LogP contribution in [-0.2, 0) is 9.53 Å². The third kappa shape index (κ3) is 2.83. The van der Waals surface area contributed by atoms with Gasteiger partial charge in [0.15, 0.2) is 0 Å². The molecular weight excluding hydrogens is 202 g/mol. The minimum absolute atomic E-state index is 0.397. The van der Waals surface area contributed by atoms with Crippen molar-refractivity contribution in [2.24, 2.45) is 0 Å². The van der Waals surface area contributed by atoms with Crippen LogP contribution in [0.1, 0.15) is 45.4 Å². The first-order chi connectivity index (χ1) is 7.81. The largest absolute Gasteiger partial charge is 0.375 e. The predicted octanol–water partition coefficient (Wildman–Crippen LogP) is 2.00. The number of morpholine rings is 1. The van der Waals surface area contributed by atoms with Crippen LogP contribution in [-0.4, -0.2) is 42.5 Å². The van der Waals surface area contributed by atoms with Crippen LogP contribution in [0.15, 0.2) is 0 Å². The van der Waals surface area contributed by atoms with Crippen molar-refractivity contribution >= 4 is 5.78 Å². The number of hydrogen-bond donors (Lipinski definition) is 0. The summed E-state index contributed by atoms with van der Waals surface area (Å²) in [4.78, 5) is 14.1. The fraction of sp³-hybridized carbons (Fsp3) is 0.923. The van der Waals surface area contributed by atoms with E-state index >= 15 is 0 Å². The summed E-state index contributed by atoms with van der Waals surface area (Å²) in [6.07, 6.45) is 7.08. The van der Waals surface area contributed by atoms with Gasteiger partial charge in [0.1, 0.15) is 5.78 Å². The Hall–Kier alpha value is -0.410. The zero-order valence-corrected chi connectivity index (χ0v) is 10.3. The van der Waals surface area contributed by atoms with Crippen molar-refractivity contribution in [1.82, 2.24) is 4.90 Å². The van der Waals surface area contributed by atoms with Crippen LogP contribution >= 0.6 is 0 Å². The van der Waals surface area contributed by atoms with Crippen molar-refractivity contribution in [2.45, 2.75) is 57.6 Å². The molecule has 0 radical (unpaired) electrons.